The highest BCUT2D eigenvalue weighted by molar-refractivity contribution is 5.82. The van der Waals surface area contributed by atoms with Gasteiger partial charge >= 0.3 is 5.97 Å². The number of hydrogen-bond acceptors (Lipinski definition) is 21. The second kappa shape index (κ2) is 24.1. The first kappa shape index (κ1) is 62.0. The monoisotopic (exact) mass is 1130 g/mol. The summed E-state index contributed by atoms with van der Waals surface area (Å²) in [4.78, 5) is 13.7. The van der Waals surface area contributed by atoms with Crippen molar-refractivity contribution in [3.63, 3.8) is 0 Å². The first-order chi connectivity index (χ1) is 37.8. The fourth-order valence-corrected chi connectivity index (χ4v) is 15.7. The molecule has 452 valence electrons. The number of benzene rings is 1. The number of ether oxygens (including phenoxy) is 12. The number of methoxy groups -OCH3 is 3. The zero-order chi connectivity index (χ0) is 57.9. The van der Waals surface area contributed by atoms with E-state index in [1.54, 1.807) is 48.2 Å². The van der Waals surface area contributed by atoms with Crippen molar-refractivity contribution in [1.29, 1.82) is 0 Å². The molecule has 27 atom stereocenters. The van der Waals surface area contributed by atoms with Crippen LogP contribution in [0.1, 0.15) is 125 Å². The van der Waals surface area contributed by atoms with Gasteiger partial charge in [0.1, 0.15) is 47.3 Å². The van der Waals surface area contributed by atoms with Crippen LogP contribution in [0.3, 0.4) is 0 Å². The van der Waals surface area contributed by atoms with Crippen molar-refractivity contribution in [1.82, 2.24) is 0 Å². The molecular weight excluding hydrogens is 1040 g/mol. The normalized spacial score (nSPS) is 50.2. The minimum Gasteiger partial charge on any atom is -0.458 e. The van der Waals surface area contributed by atoms with E-state index < -0.39 is 174 Å². The maximum atomic E-state index is 13.7. The lowest BCUT2D eigenvalue weighted by Gasteiger charge is -2.71. The SMILES string of the molecule is CO[C@H]1C[C@H](O[C@H]2[C@H](C)O[C@@H](O[C@H]3[C@@H](O)C[C@H](O[C@H]4CC[C@]5(C)[C@H]6C[C@@H](OC(=O)/C=C/C=C/c7ccccc7)[C@@]7(C)[C@](O)(CC[C@@]7(O)[C@H](C)O)[C@]6(O)C[C@@H](O)[C@@]5(O)C4)O[C@@H]3C)C[C@H]2OC)O[C@H](C)[C@H]1O[C@H]1C[C@@H](OC)[C@H](O)[C@@H](C)O1. The van der Waals surface area contributed by atoms with Crippen LogP contribution >= 0.6 is 0 Å². The summed E-state index contributed by atoms with van der Waals surface area (Å²) in [5.41, 5.74) is -10.4. The number of aliphatic hydroxyl groups excluding tert-OH is 4. The summed E-state index contributed by atoms with van der Waals surface area (Å²) < 4.78 is 74.4. The van der Waals surface area contributed by atoms with Crippen molar-refractivity contribution in [2.75, 3.05) is 21.3 Å². The molecule has 0 radical (unpaired) electrons. The van der Waals surface area contributed by atoms with E-state index in [0.29, 0.717) is 19.3 Å². The number of allylic oxidation sites excluding steroid dienone is 2. The van der Waals surface area contributed by atoms with Crippen LogP contribution in [0, 0.1) is 16.7 Å². The minimum atomic E-state index is -2.19. The number of aliphatic hydroxyl groups is 8. The lowest BCUT2D eigenvalue weighted by molar-refractivity contribution is -0.376. The van der Waals surface area contributed by atoms with Crippen molar-refractivity contribution in [3.8, 4) is 0 Å². The van der Waals surface area contributed by atoms with Gasteiger partial charge in [-0.05, 0) is 72.3 Å². The molecule has 8 N–H and O–H groups in total. The second-order valence-corrected chi connectivity index (χ2v) is 24.7. The molecule has 0 amide bonds. The van der Waals surface area contributed by atoms with Crippen molar-refractivity contribution in [2.24, 2.45) is 16.7 Å². The molecule has 8 aliphatic rings. The Bertz CT molecular complexity index is 2300. The molecule has 4 saturated heterocycles. The molecule has 1 aromatic rings. The van der Waals surface area contributed by atoms with Crippen LogP contribution in [-0.4, -0.2) is 213 Å². The molecule has 1 aromatic carbocycles. The van der Waals surface area contributed by atoms with Gasteiger partial charge in [-0.15, -0.1) is 0 Å². The van der Waals surface area contributed by atoms with Crippen molar-refractivity contribution in [2.45, 2.75) is 264 Å². The van der Waals surface area contributed by atoms with Gasteiger partial charge in [0.25, 0.3) is 0 Å². The third-order valence-electron chi connectivity index (χ3n) is 20.4. The predicted octanol–water partition coefficient (Wildman–Crippen LogP) is 3.10. The largest absolute Gasteiger partial charge is 0.458 e. The third kappa shape index (κ3) is 10.9. The number of esters is 1. The number of fused-ring (bicyclic) bond motifs is 5. The maximum Gasteiger partial charge on any atom is 0.331 e. The van der Waals surface area contributed by atoms with E-state index in [1.807, 2.05) is 50.3 Å². The smallest absolute Gasteiger partial charge is 0.331 e. The quantitative estimate of drug-likeness (QED) is 0.0511. The van der Waals surface area contributed by atoms with E-state index >= 15 is 0 Å². The zero-order valence-electron chi connectivity index (χ0n) is 48.0. The second-order valence-electron chi connectivity index (χ2n) is 24.7. The highest BCUT2D eigenvalue weighted by Crippen LogP contribution is 2.73. The highest BCUT2D eigenvalue weighted by Gasteiger charge is 2.84. The van der Waals surface area contributed by atoms with Gasteiger partial charge in [0, 0.05) is 77.3 Å². The van der Waals surface area contributed by atoms with Gasteiger partial charge in [-0.3, -0.25) is 0 Å². The molecule has 21 nitrogen and oxygen atoms in total. The molecule has 21 heteroatoms. The summed E-state index contributed by atoms with van der Waals surface area (Å²) >= 11 is 0. The minimum absolute atomic E-state index is 0.0125. The number of rotatable bonds is 16. The Kier molecular flexibility index (Phi) is 18.6. The fourth-order valence-electron chi connectivity index (χ4n) is 15.7. The van der Waals surface area contributed by atoms with E-state index in [0.717, 1.165) is 5.56 Å². The van der Waals surface area contributed by atoms with E-state index in [9.17, 15) is 45.6 Å². The Balaban J connectivity index is 0.812. The Morgan fingerprint density at radius 2 is 1.19 bits per heavy atom. The summed E-state index contributed by atoms with van der Waals surface area (Å²) in [6.07, 6.45) is -8.47. The number of hydrogen-bond donors (Lipinski definition) is 8. The summed E-state index contributed by atoms with van der Waals surface area (Å²) in [5, 5.41) is 96.6. The average molecular weight is 1140 g/mol. The van der Waals surface area contributed by atoms with E-state index in [2.05, 4.69) is 0 Å². The summed E-state index contributed by atoms with van der Waals surface area (Å²) in [6.45, 7) is 12.0. The van der Waals surface area contributed by atoms with Crippen LogP contribution in [0.4, 0.5) is 0 Å². The Morgan fingerprint density at radius 1 is 0.650 bits per heavy atom. The zero-order valence-corrected chi connectivity index (χ0v) is 48.0. The molecule has 4 aliphatic heterocycles. The number of carbonyl (C=O) groups is 1. The summed E-state index contributed by atoms with van der Waals surface area (Å²) in [7, 11) is 4.73. The molecule has 4 saturated carbocycles. The first-order valence-corrected chi connectivity index (χ1v) is 28.8. The molecule has 0 aromatic heterocycles. The topological polar surface area (TPSA) is 290 Å². The Hall–Kier alpha value is -2.59. The van der Waals surface area contributed by atoms with Gasteiger partial charge in [-0.2, -0.15) is 0 Å². The molecule has 8 fully saturated rings. The van der Waals surface area contributed by atoms with E-state index in [-0.39, 0.29) is 44.9 Å². The lowest BCUT2D eigenvalue weighted by Crippen LogP contribution is -2.83. The Labute approximate surface area is 469 Å². The molecule has 4 heterocycles. The van der Waals surface area contributed by atoms with Gasteiger partial charge in [-0.25, -0.2) is 4.79 Å². The molecule has 80 heavy (non-hydrogen) atoms. The standard InChI is InChI=1S/C59H90O21/c1-31-50(64)39(69-8)25-47(72-31)79-52-34(4)75-49(27-41(52)71-10)80-53-33(3)74-48(26-40(53)70-9)78-51-32(2)73-46(24-38(51)61)76-37-20-21-54(6)42-28-44(77-45(63)19-15-14-18-36-16-12-11-13-17-36)55(7)56(65,35(5)60)22-23-59(55,68)57(42,66)30-43(62)58(54,67)29-37/h11-19,31-35,37-44,46-53,60-62,64-68H,20-30H2,1-10H3/b18-14+,19-15+/t31-,32-,33+,34-,35+,37+,38+,39-,40-,41+,42-,43-,44-,46+,47+,48+,49+,50-,51-,52-,53+,54-,55-,56-,57+,58+,59-/m1/s1. The van der Waals surface area contributed by atoms with Crippen LogP contribution in [0.25, 0.3) is 6.08 Å². The first-order valence-electron chi connectivity index (χ1n) is 28.8. The van der Waals surface area contributed by atoms with Crippen molar-refractivity contribution < 1.29 is 102 Å². The summed E-state index contributed by atoms with van der Waals surface area (Å²) in [5.74, 6) is -1.73. The third-order valence-corrected chi connectivity index (χ3v) is 20.4. The van der Waals surface area contributed by atoms with Crippen LogP contribution in [0.5, 0.6) is 0 Å². The lowest BCUT2D eigenvalue weighted by atomic mass is 9.38. The van der Waals surface area contributed by atoms with Crippen molar-refractivity contribution >= 4 is 12.0 Å². The van der Waals surface area contributed by atoms with Crippen LogP contribution in [0.15, 0.2) is 48.6 Å². The average Bonchev–Trinajstić information content (AvgIpc) is 3.10. The molecule has 0 spiro atoms. The predicted molar refractivity (Wildman–Crippen MR) is 284 cm³/mol. The van der Waals surface area contributed by atoms with E-state index in [1.165, 1.54) is 26.0 Å². The van der Waals surface area contributed by atoms with Gasteiger partial charge in [0.05, 0.1) is 78.2 Å². The van der Waals surface area contributed by atoms with Crippen LogP contribution in [-0.2, 0) is 61.6 Å². The fraction of sp³-hybridized carbons (Fsp3) is 0.814. The van der Waals surface area contributed by atoms with Gasteiger partial charge in [-0.1, -0.05) is 62.4 Å². The number of carbonyl (C=O) groups excluding carboxylic acids is 1. The van der Waals surface area contributed by atoms with Crippen LogP contribution in [0.2, 0.25) is 0 Å². The summed E-state index contributed by atoms with van der Waals surface area (Å²) in [6, 6.07) is 9.50. The van der Waals surface area contributed by atoms with Crippen molar-refractivity contribution in [3.05, 3.63) is 54.1 Å². The van der Waals surface area contributed by atoms with E-state index in [4.69, 9.17) is 56.8 Å². The Morgan fingerprint density at radius 3 is 1.75 bits per heavy atom. The van der Waals surface area contributed by atoms with Crippen LogP contribution < -0.4 is 0 Å². The molecule has 4 aliphatic carbocycles. The molecule has 0 unspecified atom stereocenters. The molecular formula is C59H90O21. The van der Waals surface area contributed by atoms with Gasteiger partial charge in [0.2, 0.25) is 0 Å². The van der Waals surface area contributed by atoms with Gasteiger partial charge < -0.3 is 97.7 Å². The molecule has 0 bridgehead atoms. The maximum absolute atomic E-state index is 13.7. The molecule has 9 rings (SSSR count). The highest BCUT2D eigenvalue weighted by atomic mass is 16.8. The van der Waals surface area contributed by atoms with Gasteiger partial charge in [0.15, 0.2) is 25.2 Å².